The smallest absolute Gasteiger partial charge is 0.408 e. The molecule has 1 aromatic rings. The number of hydrogen-bond acceptors (Lipinski definition) is 11. The minimum absolute atomic E-state index is 0.122. The van der Waals surface area contributed by atoms with Crippen molar-refractivity contribution in [3.8, 4) is 5.75 Å². The number of ether oxygens (including phenoxy) is 4. The number of alkyl carbamates (subject to hydrolysis) is 1. The van der Waals surface area contributed by atoms with Gasteiger partial charge in [-0.3, -0.25) is 19.1 Å². The molecule has 4 aliphatic rings. The Hall–Kier alpha value is -4.18. The number of fused-ring (bicyclic) bond motifs is 2. The summed E-state index contributed by atoms with van der Waals surface area (Å²) in [6.07, 6.45) is 3.00. The number of esters is 1. The molecule has 0 radical (unpaired) electrons. The van der Waals surface area contributed by atoms with E-state index in [0.717, 1.165) is 0 Å². The number of nitrogens with one attached hydrogen (secondary N) is 3. The summed E-state index contributed by atoms with van der Waals surface area (Å²) in [6.45, 7) is 5.26. The molecule has 3 fully saturated rings. The van der Waals surface area contributed by atoms with Crippen LogP contribution < -0.4 is 20.1 Å². The first-order valence-electron chi connectivity index (χ1n) is 16.4. The summed E-state index contributed by atoms with van der Waals surface area (Å²) < 4.78 is 49.7. The lowest BCUT2D eigenvalue weighted by Crippen LogP contribution is -2.58. The standard InChI is InChI=1S/C33H44N4O11S/c1-32(2,3)48-31(42)34-24-11-8-16-46-15-7-9-20-18-33(20,30(41)36-49(43,44)22-13-14-22)35-27(38)25-17-21(19-37(25)28(24)39)47-29(40)23-10-5-6-12-26(23)45-4/h5-7,9-10,12,20-22,24-25H,8,11,13-19H2,1-4H3,(H,34,42)(H,35,38)(H,36,41). The molecule has 5 rings (SSSR count). The number of rotatable bonds is 7. The Bertz CT molecular complexity index is 1600. The van der Waals surface area contributed by atoms with Crippen LogP contribution in [0.3, 0.4) is 0 Å². The van der Waals surface area contributed by atoms with E-state index in [4.69, 9.17) is 18.9 Å². The zero-order chi connectivity index (χ0) is 35.6. The molecule has 4 amide bonds. The van der Waals surface area contributed by atoms with Gasteiger partial charge in [0.25, 0.3) is 5.91 Å². The summed E-state index contributed by atoms with van der Waals surface area (Å²) in [6, 6.07) is 4.08. The van der Waals surface area contributed by atoms with Gasteiger partial charge in [-0.1, -0.05) is 24.3 Å². The van der Waals surface area contributed by atoms with Gasteiger partial charge in [-0.2, -0.15) is 0 Å². The van der Waals surface area contributed by atoms with Crippen LogP contribution in [0.4, 0.5) is 4.79 Å². The number of benzene rings is 1. The van der Waals surface area contributed by atoms with E-state index in [1.165, 1.54) is 18.1 Å². The van der Waals surface area contributed by atoms with Crippen LogP contribution in [0.1, 0.15) is 69.7 Å². The molecule has 0 spiro atoms. The number of amides is 4. The number of methoxy groups -OCH3 is 1. The average molecular weight is 705 g/mol. The molecule has 15 nitrogen and oxygen atoms in total. The van der Waals surface area contributed by atoms with Crippen LogP contribution in [-0.4, -0.2) is 105 Å². The summed E-state index contributed by atoms with van der Waals surface area (Å²) in [4.78, 5) is 69.1. The van der Waals surface area contributed by atoms with Crippen molar-refractivity contribution in [3.05, 3.63) is 42.0 Å². The maximum atomic E-state index is 14.2. The third-order valence-electron chi connectivity index (χ3n) is 8.77. The fraction of sp³-hybridized carbons (Fsp3) is 0.606. The maximum absolute atomic E-state index is 14.2. The van der Waals surface area contributed by atoms with Crippen molar-refractivity contribution in [2.45, 2.75) is 93.9 Å². The van der Waals surface area contributed by atoms with Crippen molar-refractivity contribution in [2.75, 3.05) is 26.9 Å². The number of carbonyl (C=O) groups excluding carboxylic acids is 5. The van der Waals surface area contributed by atoms with Gasteiger partial charge < -0.3 is 34.5 Å². The first kappa shape index (κ1) is 36.1. The summed E-state index contributed by atoms with van der Waals surface area (Å²) in [5.41, 5.74) is -2.29. The number of nitrogens with zero attached hydrogens (tertiary/aromatic N) is 1. The number of carbonyl (C=O) groups is 5. The van der Waals surface area contributed by atoms with Crippen LogP contribution in [0.2, 0.25) is 0 Å². The van der Waals surface area contributed by atoms with Crippen LogP contribution in [0.15, 0.2) is 36.4 Å². The Labute approximate surface area is 285 Å². The molecule has 1 aromatic carbocycles. The number of hydrogen-bond donors (Lipinski definition) is 3. The van der Waals surface area contributed by atoms with Crippen molar-refractivity contribution in [2.24, 2.45) is 5.92 Å². The monoisotopic (exact) mass is 704 g/mol. The molecule has 268 valence electrons. The van der Waals surface area contributed by atoms with Crippen molar-refractivity contribution >= 4 is 39.8 Å². The fourth-order valence-electron chi connectivity index (χ4n) is 6.04. The van der Waals surface area contributed by atoms with Crippen molar-refractivity contribution < 1.29 is 51.3 Å². The Kier molecular flexibility index (Phi) is 10.6. The molecule has 2 aliphatic carbocycles. The van der Waals surface area contributed by atoms with Crippen LogP contribution in [0, 0.1) is 5.92 Å². The van der Waals surface area contributed by atoms with E-state index in [0.29, 0.717) is 19.3 Å². The van der Waals surface area contributed by atoms with Crippen LogP contribution in [0.5, 0.6) is 5.75 Å². The lowest BCUT2D eigenvalue weighted by Gasteiger charge is -2.30. The zero-order valence-electron chi connectivity index (χ0n) is 28.1. The highest BCUT2D eigenvalue weighted by atomic mass is 32.2. The molecular formula is C33H44N4O11S. The van der Waals surface area contributed by atoms with Gasteiger partial charge >= 0.3 is 12.1 Å². The SMILES string of the molecule is COc1ccccc1C(=O)OC1CC2C(=O)NC3(C(=O)NS(=O)(=O)C4CC4)CC3C=CCOCCCC(NC(=O)OC(C)(C)C)C(=O)N2C1. The average Bonchev–Trinajstić information content (AvgIpc) is 3.95. The van der Waals surface area contributed by atoms with Crippen LogP contribution in [-0.2, 0) is 38.6 Å². The number of para-hydroxylation sites is 1. The maximum Gasteiger partial charge on any atom is 0.408 e. The third-order valence-corrected chi connectivity index (χ3v) is 10.6. The van der Waals surface area contributed by atoms with Gasteiger partial charge in [-0.15, -0.1) is 0 Å². The Morgan fingerprint density at radius 1 is 1.10 bits per heavy atom. The van der Waals surface area contributed by atoms with Crippen molar-refractivity contribution in [1.29, 1.82) is 0 Å². The van der Waals surface area contributed by atoms with E-state index < -0.39 is 80.3 Å². The normalized spacial score (nSPS) is 27.7. The molecule has 5 unspecified atom stereocenters. The zero-order valence-corrected chi connectivity index (χ0v) is 28.9. The minimum Gasteiger partial charge on any atom is -0.496 e. The molecular weight excluding hydrogens is 660 g/mol. The fourth-order valence-corrected chi connectivity index (χ4v) is 7.40. The molecule has 0 bridgehead atoms. The molecule has 0 aromatic heterocycles. The van der Waals surface area contributed by atoms with E-state index in [9.17, 15) is 32.4 Å². The van der Waals surface area contributed by atoms with Gasteiger partial charge in [0.2, 0.25) is 21.8 Å². The largest absolute Gasteiger partial charge is 0.496 e. The highest BCUT2D eigenvalue weighted by molar-refractivity contribution is 7.91. The first-order valence-corrected chi connectivity index (χ1v) is 17.9. The van der Waals surface area contributed by atoms with Gasteiger partial charge in [-0.25, -0.2) is 18.0 Å². The van der Waals surface area contributed by atoms with Gasteiger partial charge in [-0.05, 0) is 65.0 Å². The van der Waals surface area contributed by atoms with Crippen molar-refractivity contribution in [1.82, 2.24) is 20.3 Å². The number of sulfonamides is 1. The van der Waals surface area contributed by atoms with E-state index in [2.05, 4.69) is 15.4 Å². The predicted molar refractivity (Wildman–Crippen MR) is 174 cm³/mol. The van der Waals surface area contributed by atoms with E-state index in [-0.39, 0.29) is 50.3 Å². The Morgan fingerprint density at radius 2 is 1.84 bits per heavy atom. The molecule has 2 heterocycles. The Balaban J connectivity index is 1.43. The second-order valence-corrected chi connectivity index (χ2v) is 15.7. The minimum atomic E-state index is -3.93. The quantitative estimate of drug-likeness (QED) is 0.275. The Morgan fingerprint density at radius 3 is 2.53 bits per heavy atom. The molecule has 16 heteroatoms. The lowest BCUT2D eigenvalue weighted by molar-refractivity contribution is -0.141. The van der Waals surface area contributed by atoms with E-state index in [1.54, 1.807) is 51.1 Å². The van der Waals surface area contributed by atoms with Crippen LogP contribution in [0.25, 0.3) is 0 Å². The highest BCUT2D eigenvalue weighted by Crippen LogP contribution is 2.46. The van der Waals surface area contributed by atoms with Crippen LogP contribution >= 0.6 is 0 Å². The topological polar surface area (TPSA) is 196 Å². The van der Waals surface area contributed by atoms with Gasteiger partial charge in [0.05, 0.1) is 25.5 Å². The molecule has 1 saturated heterocycles. The second-order valence-electron chi connectivity index (χ2n) is 13.8. The molecule has 49 heavy (non-hydrogen) atoms. The van der Waals surface area contributed by atoms with E-state index in [1.807, 2.05) is 0 Å². The summed E-state index contributed by atoms with van der Waals surface area (Å²) in [5, 5.41) is 4.70. The predicted octanol–water partition coefficient (Wildman–Crippen LogP) is 1.56. The molecule has 5 atom stereocenters. The summed E-state index contributed by atoms with van der Waals surface area (Å²) in [5.74, 6) is -3.22. The van der Waals surface area contributed by atoms with Gasteiger partial charge in [0.1, 0.15) is 40.6 Å². The van der Waals surface area contributed by atoms with Gasteiger partial charge in [0.15, 0.2) is 0 Å². The first-order chi connectivity index (χ1) is 23.1. The molecule has 2 aliphatic heterocycles. The summed E-state index contributed by atoms with van der Waals surface area (Å²) >= 11 is 0. The molecule has 2 saturated carbocycles. The lowest BCUT2D eigenvalue weighted by atomic mass is 10.1. The third kappa shape index (κ3) is 8.71. The summed E-state index contributed by atoms with van der Waals surface area (Å²) in [7, 11) is -2.52. The molecule has 3 N–H and O–H groups in total. The van der Waals surface area contributed by atoms with Gasteiger partial charge in [0, 0.05) is 18.9 Å². The second kappa shape index (κ2) is 14.4. The van der Waals surface area contributed by atoms with E-state index >= 15 is 0 Å². The van der Waals surface area contributed by atoms with Crippen molar-refractivity contribution in [3.63, 3.8) is 0 Å². The highest BCUT2D eigenvalue weighted by Gasteiger charge is 2.62.